The van der Waals surface area contributed by atoms with Gasteiger partial charge in [-0.05, 0) is 45.1 Å². The molecule has 0 bridgehead atoms. The fourth-order valence-electron chi connectivity index (χ4n) is 3.17. The van der Waals surface area contributed by atoms with Gasteiger partial charge in [-0.15, -0.1) is 12.4 Å². The van der Waals surface area contributed by atoms with Gasteiger partial charge in [0.05, 0.1) is 5.92 Å². The van der Waals surface area contributed by atoms with Crippen molar-refractivity contribution in [3.05, 3.63) is 0 Å². The molecule has 2 fully saturated rings. The molecule has 18 heavy (non-hydrogen) atoms. The molecule has 2 rings (SSSR count). The van der Waals surface area contributed by atoms with Crippen LogP contribution < -0.4 is 10.6 Å². The smallest absolute Gasteiger partial charge is 0.224 e. The summed E-state index contributed by atoms with van der Waals surface area (Å²) in [5.74, 6) is 1.19. The molecule has 0 aromatic heterocycles. The van der Waals surface area contributed by atoms with Gasteiger partial charge < -0.3 is 10.6 Å². The number of carbonyl (C=O) groups excluding carboxylic acids is 1. The van der Waals surface area contributed by atoms with E-state index in [4.69, 9.17) is 0 Å². The number of amides is 1. The lowest BCUT2D eigenvalue weighted by atomic mass is 9.84. The Labute approximate surface area is 117 Å². The van der Waals surface area contributed by atoms with Crippen molar-refractivity contribution >= 4 is 18.3 Å². The molecule has 2 aliphatic rings. The van der Waals surface area contributed by atoms with Crippen molar-refractivity contribution in [1.82, 2.24) is 10.6 Å². The number of carbonyl (C=O) groups is 1. The summed E-state index contributed by atoms with van der Waals surface area (Å²) in [7, 11) is 0. The molecule has 1 saturated heterocycles. The summed E-state index contributed by atoms with van der Waals surface area (Å²) in [6.07, 6.45) is 8.84. The van der Waals surface area contributed by atoms with Crippen molar-refractivity contribution in [3.8, 4) is 0 Å². The molecule has 106 valence electrons. The van der Waals surface area contributed by atoms with Gasteiger partial charge in [0, 0.05) is 12.6 Å². The van der Waals surface area contributed by atoms with Crippen LogP contribution in [0.1, 0.15) is 51.9 Å². The van der Waals surface area contributed by atoms with Crippen LogP contribution in [0.15, 0.2) is 0 Å². The molecule has 2 unspecified atom stereocenters. The van der Waals surface area contributed by atoms with E-state index in [-0.39, 0.29) is 24.2 Å². The van der Waals surface area contributed by atoms with Gasteiger partial charge >= 0.3 is 0 Å². The fourth-order valence-corrected chi connectivity index (χ4v) is 3.17. The standard InChI is InChI=1S/C14H26N2O.ClH/c1-11(12-6-3-2-4-7-12)16-14(17)13-8-5-9-15-10-13;/h11-13,15H,2-10H2,1H3,(H,16,17);1H. The minimum atomic E-state index is 0. The van der Waals surface area contributed by atoms with E-state index in [2.05, 4.69) is 17.6 Å². The Balaban J connectivity index is 0.00000162. The third-order valence-electron chi connectivity index (χ3n) is 4.39. The molecule has 4 heteroatoms. The third kappa shape index (κ3) is 4.43. The van der Waals surface area contributed by atoms with Gasteiger partial charge in [-0.2, -0.15) is 0 Å². The highest BCUT2D eigenvalue weighted by Crippen LogP contribution is 2.26. The van der Waals surface area contributed by atoms with E-state index in [1.54, 1.807) is 0 Å². The molecule has 0 aromatic rings. The molecule has 1 aliphatic carbocycles. The maximum atomic E-state index is 12.1. The number of hydrogen-bond donors (Lipinski definition) is 2. The number of halogens is 1. The lowest BCUT2D eigenvalue weighted by molar-refractivity contribution is -0.126. The van der Waals surface area contributed by atoms with Crippen molar-refractivity contribution in [2.75, 3.05) is 13.1 Å². The first-order valence-electron chi connectivity index (χ1n) is 7.28. The first kappa shape index (κ1) is 15.8. The van der Waals surface area contributed by atoms with Crippen LogP contribution in [0.2, 0.25) is 0 Å². The molecule has 0 radical (unpaired) electrons. The van der Waals surface area contributed by atoms with E-state index in [0.717, 1.165) is 25.9 Å². The quantitative estimate of drug-likeness (QED) is 0.830. The predicted molar refractivity (Wildman–Crippen MR) is 77.0 cm³/mol. The highest BCUT2D eigenvalue weighted by atomic mass is 35.5. The average molecular weight is 275 g/mol. The first-order chi connectivity index (χ1) is 8.27. The monoisotopic (exact) mass is 274 g/mol. The summed E-state index contributed by atoms with van der Waals surface area (Å²) in [6, 6.07) is 0.365. The zero-order chi connectivity index (χ0) is 12.1. The van der Waals surface area contributed by atoms with Gasteiger partial charge in [-0.1, -0.05) is 19.3 Å². The highest BCUT2D eigenvalue weighted by molar-refractivity contribution is 5.85. The Hall–Kier alpha value is -0.280. The zero-order valence-corrected chi connectivity index (χ0v) is 12.2. The SMILES string of the molecule is CC(NC(=O)C1CCCNC1)C1CCCCC1.Cl. The minimum Gasteiger partial charge on any atom is -0.353 e. The Morgan fingerprint density at radius 3 is 2.50 bits per heavy atom. The molecule has 0 spiro atoms. The summed E-state index contributed by atoms with van der Waals surface area (Å²) in [6.45, 7) is 4.12. The highest BCUT2D eigenvalue weighted by Gasteiger charge is 2.25. The second-order valence-electron chi connectivity index (χ2n) is 5.74. The van der Waals surface area contributed by atoms with E-state index in [9.17, 15) is 4.79 Å². The number of rotatable bonds is 3. The lowest BCUT2D eigenvalue weighted by Gasteiger charge is -2.30. The van der Waals surface area contributed by atoms with Crippen LogP contribution in [0.4, 0.5) is 0 Å². The number of nitrogens with one attached hydrogen (secondary N) is 2. The summed E-state index contributed by atoms with van der Waals surface area (Å²) in [4.78, 5) is 12.1. The first-order valence-corrected chi connectivity index (χ1v) is 7.28. The van der Waals surface area contributed by atoms with Crippen molar-refractivity contribution in [2.45, 2.75) is 57.9 Å². The van der Waals surface area contributed by atoms with Crippen molar-refractivity contribution in [1.29, 1.82) is 0 Å². The molecular weight excluding hydrogens is 248 g/mol. The van der Waals surface area contributed by atoms with Crippen LogP contribution in [-0.2, 0) is 4.79 Å². The number of piperidine rings is 1. The maximum Gasteiger partial charge on any atom is 0.224 e. The van der Waals surface area contributed by atoms with E-state index >= 15 is 0 Å². The van der Waals surface area contributed by atoms with E-state index in [0.29, 0.717) is 12.0 Å². The molecule has 3 nitrogen and oxygen atoms in total. The fraction of sp³-hybridized carbons (Fsp3) is 0.929. The minimum absolute atomic E-state index is 0. The molecule has 1 aliphatic heterocycles. The van der Waals surface area contributed by atoms with E-state index in [1.165, 1.54) is 32.1 Å². The molecular formula is C14H27ClN2O. The largest absolute Gasteiger partial charge is 0.353 e. The zero-order valence-electron chi connectivity index (χ0n) is 11.4. The molecule has 2 atom stereocenters. The van der Waals surface area contributed by atoms with Gasteiger partial charge in [0.25, 0.3) is 0 Å². The Morgan fingerprint density at radius 2 is 1.89 bits per heavy atom. The van der Waals surface area contributed by atoms with Crippen LogP contribution in [0.3, 0.4) is 0 Å². The second-order valence-corrected chi connectivity index (χ2v) is 5.74. The molecule has 1 amide bonds. The van der Waals surface area contributed by atoms with Crippen molar-refractivity contribution < 1.29 is 4.79 Å². The predicted octanol–water partition coefficient (Wildman–Crippen LogP) is 2.49. The van der Waals surface area contributed by atoms with Gasteiger partial charge in [0.2, 0.25) is 5.91 Å². The van der Waals surface area contributed by atoms with Crippen molar-refractivity contribution in [2.24, 2.45) is 11.8 Å². The van der Waals surface area contributed by atoms with E-state index < -0.39 is 0 Å². The normalized spacial score (nSPS) is 27.1. The van der Waals surface area contributed by atoms with Crippen LogP contribution >= 0.6 is 12.4 Å². The summed E-state index contributed by atoms with van der Waals surface area (Å²) in [5.41, 5.74) is 0. The van der Waals surface area contributed by atoms with Gasteiger partial charge in [-0.3, -0.25) is 4.79 Å². The second kappa shape index (κ2) is 8.00. The summed E-state index contributed by atoms with van der Waals surface area (Å²) >= 11 is 0. The topological polar surface area (TPSA) is 41.1 Å². The van der Waals surface area contributed by atoms with Crippen LogP contribution in [0.25, 0.3) is 0 Å². The van der Waals surface area contributed by atoms with Crippen LogP contribution in [-0.4, -0.2) is 25.0 Å². The van der Waals surface area contributed by atoms with Gasteiger partial charge in [-0.25, -0.2) is 0 Å². The van der Waals surface area contributed by atoms with Crippen molar-refractivity contribution in [3.63, 3.8) is 0 Å². The van der Waals surface area contributed by atoms with Crippen LogP contribution in [0, 0.1) is 11.8 Å². The summed E-state index contributed by atoms with van der Waals surface area (Å²) in [5, 5.41) is 6.55. The third-order valence-corrected chi connectivity index (χ3v) is 4.39. The molecule has 0 aromatic carbocycles. The van der Waals surface area contributed by atoms with Gasteiger partial charge in [0.15, 0.2) is 0 Å². The van der Waals surface area contributed by atoms with E-state index in [1.807, 2.05) is 0 Å². The average Bonchev–Trinajstić information content (AvgIpc) is 2.40. The lowest BCUT2D eigenvalue weighted by Crippen LogP contribution is -2.46. The maximum absolute atomic E-state index is 12.1. The Morgan fingerprint density at radius 1 is 1.17 bits per heavy atom. The molecule has 2 N–H and O–H groups in total. The number of hydrogen-bond acceptors (Lipinski definition) is 2. The van der Waals surface area contributed by atoms with Gasteiger partial charge in [0.1, 0.15) is 0 Å². The Kier molecular flexibility index (Phi) is 7.02. The summed E-state index contributed by atoms with van der Waals surface area (Å²) < 4.78 is 0. The molecule has 1 heterocycles. The van der Waals surface area contributed by atoms with Crippen LogP contribution in [0.5, 0.6) is 0 Å². The Bertz CT molecular complexity index is 248. The molecule has 1 saturated carbocycles.